The van der Waals surface area contributed by atoms with E-state index in [0.717, 1.165) is 12.5 Å². The Hall–Kier alpha value is -0.820. The van der Waals surface area contributed by atoms with E-state index >= 15 is 0 Å². The lowest BCUT2D eigenvalue weighted by Crippen LogP contribution is -2.29. The molecule has 1 rings (SSSR count). The minimum Gasteiger partial charge on any atom is -0.310 e. The van der Waals surface area contributed by atoms with Crippen molar-refractivity contribution < 1.29 is 0 Å². The van der Waals surface area contributed by atoms with Crippen LogP contribution in [0, 0.1) is 11.3 Å². The molecule has 0 aliphatic carbocycles. The number of nitrogens with one attached hydrogen (secondary N) is 1. The fourth-order valence-electron chi connectivity index (χ4n) is 1.99. The Morgan fingerprint density at radius 2 is 1.56 bits per heavy atom. The van der Waals surface area contributed by atoms with Crippen molar-refractivity contribution in [2.24, 2.45) is 11.3 Å². The fraction of sp³-hybridized carbons (Fsp3) is 0.647. The van der Waals surface area contributed by atoms with Crippen LogP contribution in [0.4, 0.5) is 0 Å². The Morgan fingerprint density at radius 3 is 2.00 bits per heavy atom. The van der Waals surface area contributed by atoms with Crippen LogP contribution in [0.25, 0.3) is 0 Å². The van der Waals surface area contributed by atoms with Gasteiger partial charge in [-0.2, -0.15) is 0 Å². The van der Waals surface area contributed by atoms with Crippen molar-refractivity contribution in [3.8, 4) is 0 Å². The summed E-state index contributed by atoms with van der Waals surface area (Å²) in [5.74, 6) is 0.729. The second-order valence-electron chi connectivity index (χ2n) is 7.00. The van der Waals surface area contributed by atoms with Gasteiger partial charge in [-0.3, -0.25) is 0 Å². The monoisotopic (exact) mass is 247 g/mol. The van der Waals surface area contributed by atoms with Crippen LogP contribution in [-0.4, -0.2) is 6.54 Å². The van der Waals surface area contributed by atoms with Gasteiger partial charge in [0, 0.05) is 12.6 Å². The van der Waals surface area contributed by atoms with Gasteiger partial charge in [0.25, 0.3) is 0 Å². The first-order chi connectivity index (χ1) is 8.28. The molecule has 0 amide bonds. The van der Waals surface area contributed by atoms with Crippen LogP contribution in [0.15, 0.2) is 24.3 Å². The molecule has 1 atom stereocenters. The van der Waals surface area contributed by atoms with Gasteiger partial charge in [0.1, 0.15) is 0 Å². The molecule has 1 N–H and O–H groups in total. The summed E-state index contributed by atoms with van der Waals surface area (Å²) in [6, 6.07) is 9.49. The maximum absolute atomic E-state index is 3.60. The van der Waals surface area contributed by atoms with Crippen LogP contribution < -0.4 is 5.32 Å². The number of benzene rings is 1. The summed E-state index contributed by atoms with van der Waals surface area (Å²) in [6.45, 7) is 14.6. The van der Waals surface area contributed by atoms with E-state index in [9.17, 15) is 0 Å². The van der Waals surface area contributed by atoms with E-state index in [2.05, 4.69) is 71.1 Å². The smallest absolute Gasteiger partial charge is 0.0292 e. The molecule has 18 heavy (non-hydrogen) atoms. The molecule has 0 aliphatic heterocycles. The molecule has 0 spiro atoms. The van der Waals surface area contributed by atoms with Gasteiger partial charge >= 0.3 is 0 Å². The molecule has 0 heterocycles. The predicted octanol–water partition coefficient (Wildman–Crippen LogP) is 4.58. The first kappa shape index (κ1) is 15.2. The molecule has 0 fully saturated rings. The normalized spacial score (nSPS) is 13.9. The third-order valence-electron chi connectivity index (χ3n) is 3.06. The highest BCUT2D eigenvalue weighted by atomic mass is 14.9. The van der Waals surface area contributed by atoms with E-state index in [1.165, 1.54) is 17.5 Å². The molecular weight excluding hydrogens is 218 g/mol. The highest BCUT2D eigenvalue weighted by molar-refractivity contribution is 5.25. The SMILES string of the molecule is CC(C)Cc1ccc(C(C)NCC(C)(C)C)cc1. The Balaban J connectivity index is 2.56. The molecule has 1 heteroatoms. The van der Waals surface area contributed by atoms with Crippen molar-refractivity contribution in [3.05, 3.63) is 35.4 Å². The van der Waals surface area contributed by atoms with Crippen LogP contribution in [0.1, 0.15) is 58.7 Å². The van der Waals surface area contributed by atoms with E-state index in [0.29, 0.717) is 11.5 Å². The average molecular weight is 247 g/mol. The molecular formula is C17H29N. The highest BCUT2D eigenvalue weighted by Gasteiger charge is 2.12. The van der Waals surface area contributed by atoms with Crippen molar-refractivity contribution in [2.75, 3.05) is 6.54 Å². The van der Waals surface area contributed by atoms with E-state index in [1.807, 2.05) is 0 Å². The second kappa shape index (κ2) is 6.38. The van der Waals surface area contributed by atoms with Gasteiger partial charge < -0.3 is 5.32 Å². The largest absolute Gasteiger partial charge is 0.310 e. The molecule has 1 aromatic rings. The van der Waals surface area contributed by atoms with Gasteiger partial charge in [-0.1, -0.05) is 58.9 Å². The van der Waals surface area contributed by atoms with Crippen LogP contribution in [-0.2, 0) is 6.42 Å². The Labute approximate surface area is 113 Å². The van der Waals surface area contributed by atoms with E-state index in [1.54, 1.807) is 0 Å². The van der Waals surface area contributed by atoms with Crippen LogP contribution in [0.3, 0.4) is 0 Å². The number of hydrogen-bond acceptors (Lipinski definition) is 1. The third-order valence-corrected chi connectivity index (χ3v) is 3.06. The van der Waals surface area contributed by atoms with Gasteiger partial charge in [0.2, 0.25) is 0 Å². The Morgan fingerprint density at radius 1 is 1.00 bits per heavy atom. The predicted molar refractivity (Wildman–Crippen MR) is 80.9 cm³/mol. The zero-order valence-corrected chi connectivity index (χ0v) is 12.9. The standard InChI is InChI=1S/C17H29N/c1-13(2)11-15-7-9-16(10-8-15)14(3)18-12-17(4,5)6/h7-10,13-14,18H,11-12H2,1-6H3. The van der Waals surface area contributed by atoms with E-state index < -0.39 is 0 Å². The minimum atomic E-state index is 0.339. The second-order valence-corrected chi connectivity index (χ2v) is 7.00. The van der Waals surface area contributed by atoms with Gasteiger partial charge in [0.05, 0.1) is 0 Å². The molecule has 102 valence electrons. The van der Waals surface area contributed by atoms with E-state index in [-0.39, 0.29) is 0 Å². The summed E-state index contributed by atoms with van der Waals surface area (Å²) in [7, 11) is 0. The topological polar surface area (TPSA) is 12.0 Å². The van der Waals surface area contributed by atoms with Crippen molar-refractivity contribution in [3.63, 3.8) is 0 Å². The average Bonchev–Trinajstić information content (AvgIpc) is 2.25. The molecule has 1 unspecified atom stereocenters. The van der Waals surface area contributed by atoms with Crippen molar-refractivity contribution in [2.45, 2.75) is 54.0 Å². The first-order valence-electron chi connectivity index (χ1n) is 7.10. The molecule has 0 aliphatic rings. The minimum absolute atomic E-state index is 0.339. The first-order valence-corrected chi connectivity index (χ1v) is 7.10. The molecule has 1 aromatic carbocycles. The summed E-state index contributed by atoms with van der Waals surface area (Å²) < 4.78 is 0. The summed E-state index contributed by atoms with van der Waals surface area (Å²) >= 11 is 0. The molecule has 0 saturated carbocycles. The zero-order valence-electron chi connectivity index (χ0n) is 12.9. The lowest BCUT2D eigenvalue weighted by molar-refractivity contribution is 0.359. The lowest BCUT2D eigenvalue weighted by atomic mass is 9.95. The van der Waals surface area contributed by atoms with Crippen LogP contribution in [0.5, 0.6) is 0 Å². The van der Waals surface area contributed by atoms with Gasteiger partial charge in [-0.15, -0.1) is 0 Å². The van der Waals surface area contributed by atoms with Crippen LogP contribution >= 0.6 is 0 Å². The molecule has 1 nitrogen and oxygen atoms in total. The van der Waals surface area contributed by atoms with Crippen molar-refractivity contribution in [1.29, 1.82) is 0 Å². The molecule has 0 saturated heterocycles. The van der Waals surface area contributed by atoms with Crippen molar-refractivity contribution >= 4 is 0 Å². The summed E-state index contributed by atoms with van der Waals surface area (Å²) in [6.07, 6.45) is 1.17. The maximum atomic E-state index is 3.60. The Bertz CT molecular complexity index is 343. The summed E-state index contributed by atoms with van der Waals surface area (Å²) in [5, 5.41) is 3.60. The molecule has 0 radical (unpaired) electrons. The van der Waals surface area contributed by atoms with Gasteiger partial charge in [0.15, 0.2) is 0 Å². The summed E-state index contributed by atoms with van der Waals surface area (Å²) in [4.78, 5) is 0. The van der Waals surface area contributed by atoms with Crippen LogP contribution in [0.2, 0.25) is 0 Å². The van der Waals surface area contributed by atoms with Gasteiger partial charge in [-0.05, 0) is 35.8 Å². The zero-order chi connectivity index (χ0) is 13.8. The van der Waals surface area contributed by atoms with Gasteiger partial charge in [-0.25, -0.2) is 0 Å². The maximum Gasteiger partial charge on any atom is 0.0292 e. The quantitative estimate of drug-likeness (QED) is 0.803. The van der Waals surface area contributed by atoms with E-state index in [4.69, 9.17) is 0 Å². The lowest BCUT2D eigenvalue weighted by Gasteiger charge is -2.23. The highest BCUT2D eigenvalue weighted by Crippen LogP contribution is 2.18. The fourth-order valence-corrected chi connectivity index (χ4v) is 1.99. The number of hydrogen-bond donors (Lipinski definition) is 1. The van der Waals surface area contributed by atoms with Crippen molar-refractivity contribution in [1.82, 2.24) is 5.32 Å². The molecule has 0 aromatic heterocycles. The molecule has 0 bridgehead atoms. The number of rotatable bonds is 5. The summed E-state index contributed by atoms with van der Waals surface area (Å²) in [5.41, 5.74) is 3.16. The third kappa shape index (κ3) is 5.68. The Kier molecular flexibility index (Phi) is 5.40.